The zero-order valence-corrected chi connectivity index (χ0v) is 11.1. The molecular weight excluding hydrogens is 284 g/mol. The van der Waals surface area contributed by atoms with E-state index in [9.17, 15) is 14.9 Å². The van der Waals surface area contributed by atoms with Gasteiger partial charge in [0, 0.05) is 17.7 Å². The third-order valence-corrected chi connectivity index (χ3v) is 2.73. The summed E-state index contributed by atoms with van der Waals surface area (Å²) in [4.78, 5) is 29.9. The maximum Gasteiger partial charge on any atom is 0.270 e. The van der Waals surface area contributed by atoms with Crippen LogP contribution in [0, 0.1) is 17.0 Å². The first-order valence-corrected chi connectivity index (χ1v) is 5.89. The average Bonchev–Trinajstić information content (AvgIpc) is 2.41. The van der Waals surface area contributed by atoms with Crippen LogP contribution < -0.4 is 5.32 Å². The van der Waals surface area contributed by atoms with E-state index in [1.165, 1.54) is 30.6 Å². The summed E-state index contributed by atoms with van der Waals surface area (Å²) in [6.07, 6.45) is 2.59. The highest BCUT2D eigenvalue weighted by Crippen LogP contribution is 2.18. The molecule has 1 amide bonds. The van der Waals surface area contributed by atoms with Crippen LogP contribution in [0.3, 0.4) is 0 Å². The summed E-state index contributed by atoms with van der Waals surface area (Å²) in [5.41, 5.74) is 0.675. The number of nitrogens with zero attached hydrogens (tertiary/aromatic N) is 3. The number of carbonyl (C=O) groups is 1. The molecule has 0 fully saturated rings. The topological polar surface area (TPSA) is 98.0 Å². The number of anilines is 1. The molecule has 2 aromatic rings. The van der Waals surface area contributed by atoms with Crippen LogP contribution in [0.25, 0.3) is 0 Å². The molecule has 1 N–H and O–H groups in total. The van der Waals surface area contributed by atoms with Gasteiger partial charge in [0.05, 0.1) is 17.3 Å². The van der Waals surface area contributed by atoms with E-state index in [-0.39, 0.29) is 22.2 Å². The Morgan fingerprint density at radius 2 is 2.10 bits per heavy atom. The lowest BCUT2D eigenvalue weighted by molar-refractivity contribution is -0.384. The highest BCUT2D eigenvalue weighted by molar-refractivity contribution is 6.29. The Bertz CT molecular complexity index is 673. The lowest BCUT2D eigenvalue weighted by Gasteiger charge is -2.06. The molecule has 0 bridgehead atoms. The van der Waals surface area contributed by atoms with E-state index >= 15 is 0 Å². The Balaban J connectivity index is 2.26. The minimum Gasteiger partial charge on any atom is -0.305 e. The minimum absolute atomic E-state index is 0.150. The molecule has 0 spiro atoms. The van der Waals surface area contributed by atoms with E-state index in [4.69, 9.17) is 11.6 Å². The summed E-state index contributed by atoms with van der Waals surface area (Å²) < 4.78 is 0. The molecule has 0 saturated carbocycles. The second kappa shape index (κ2) is 5.62. The third kappa shape index (κ3) is 3.07. The molecular formula is C12H9ClN4O3. The number of aryl methyl sites for hydroxylation is 1. The van der Waals surface area contributed by atoms with Crippen molar-refractivity contribution in [3.8, 4) is 0 Å². The van der Waals surface area contributed by atoms with Crippen molar-refractivity contribution in [1.82, 2.24) is 9.97 Å². The van der Waals surface area contributed by atoms with E-state index in [0.29, 0.717) is 5.56 Å². The van der Waals surface area contributed by atoms with Crippen molar-refractivity contribution in [2.75, 3.05) is 5.32 Å². The summed E-state index contributed by atoms with van der Waals surface area (Å²) in [5.74, 6) is -0.284. The highest BCUT2D eigenvalue weighted by atomic mass is 35.5. The van der Waals surface area contributed by atoms with Crippen LogP contribution in [0.5, 0.6) is 0 Å². The fourth-order valence-electron chi connectivity index (χ4n) is 1.53. The highest BCUT2D eigenvalue weighted by Gasteiger charge is 2.15. The van der Waals surface area contributed by atoms with Crippen molar-refractivity contribution in [2.45, 2.75) is 6.92 Å². The predicted molar refractivity (Wildman–Crippen MR) is 72.8 cm³/mol. The quantitative estimate of drug-likeness (QED) is 0.692. The first kappa shape index (κ1) is 13.9. The van der Waals surface area contributed by atoms with Gasteiger partial charge in [-0.25, -0.2) is 9.97 Å². The standard InChI is InChI=1S/C12H9ClN4O3/c1-7-2-3-8(17(19)20)4-9(7)12(18)16-11-6-14-10(13)5-15-11/h2-6H,1H3,(H,15,16,18). The Morgan fingerprint density at radius 1 is 1.35 bits per heavy atom. The number of hydrogen-bond acceptors (Lipinski definition) is 5. The van der Waals surface area contributed by atoms with Crippen LogP contribution >= 0.6 is 11.6 Å². The molecule has 0 aliphatic rings. The summed E-state index contributed by atoms with van der Waals surface area (Å²) in [6.45, 7) is 1.69. The van der Waals surface area contributed by atoms with Gasteiger partial charge >= 0.3 is 0 Å². The fraction of sp³-hybridized carbons (Fsp3) is 0.0833. The van der Waals surface area contributed by atoms with Crippen LogP contribution in [-0.2, 0) is 0 Å². The monoisotopic (exact) mass is 292 g/mol. The summed E-state index contributed by atoms with van der Waals surface area (Å²) >= 11 is 5.58. The molecule has 0 saturated heterocycles. The summed E-state index contributed by atoms with van der Waals surface area (Å²) in [6, 6.07) is 4.07. The number of nitro benzene ring substituents is 1. The number of nitro groups is 1. The van der Waals surface area contributed by atoms with E-state index in [1.54, 1.807) is 6.92 Å². The van der Waals surface area contributed by atoms with Gasteiger partial charge in [-0.2, -0.15) is 0 Å². The number of carbonyl (C=O) groups excluding carboxylic acids is 1. The molecule has 1 aromatic heterocycles. The number of amides is 1. The fourth-order valence-corrected chi connectivity index (χ4v) is 1.63. The number of non-ortho nitro benzene ring substituents is 1. The molecule has 0 unspecified atom stereocenters. The van der Waals surface area contributed by atoms with E-state index in [0.717, 1.165) is 0 Å². The molecule has 20 heavy (non-hydrogen) atoms. The van der Waals surface area contributed by atoms with E-state index in [2.05, 4.69) is 15.3 Å². The molecule has 102 valence electrons. The van der Waals surface area contributed by atoms with Gasteiger partial charge in [0.1, 0.15) is 5.15 Å². The molecule has 0 atom stereocenters. The largest absolute Gasteiger partial charge is 0.305 e. The summed E-state index contributed by atoms with van der Waals surface area (Å²) in [5, 5.41) is 13.4. The molecule has 1 heterocycles. The second-order valence-corrected chi connectivity index (χ2v) is 4.32. The number of benzene rings is 1. The van der Waals surface area contributed by atoms with Crippen LogP contribution in [0.15, 0.2) is 30.6 Å². The van der Waals surface area contributed by atoms with Crippen molar-refractivity contribution >= 4 is 29.0 Å². The van der Waals surface area contributed by atoms with Crippen LogP contribution in [-0.4, -0.2) is 20.8 Å². The zero-order chi connectivity index (χ0) is 14.7. The molecule has 0 aliphatic carbocycles. The van der Waals surface area contributed by atoms with Crippen LogP contribution in [0.2, 0.25) is 5.15 Å². The van der Waals surface area contributed by atoms with Gasteiger partial charge in [0.25, 0.3) is 11.6 Å². The van der Waals surface area contributed by atoms with Crippen molar-refractivity contribution in [3.63, 3.8) is 0 Å². The van der Waals surface area contributed by atoms with Crippen LogP contribution in [0.1, 0.15) is 15.9 Å². The Kier molecular flexibility index (Phi) is 3.90. The van der Waals surface area contributed by atoms with Crippen molar-refractivity contribution < 1.29 is 9.72 Å². The normalized spacial score (nSPS) is 10.1. The Morgan fingerprint density at radius 3 is 2.70 bits per heavy atom. The average molecular weight is 293 g/mol. The second-order valence-electron chi connectivity index (χ2n) is 3.93. The van der Waals surface area contributed by atoms with Crippen molar-refractivity contribution in [1.29, 1.82) is 0 Å². The molecule has 1 aromatic carbocycles. The smallest absolute Gasteiger partial charge is 0.270 e. The number of rotatable bonds is 3. The zero-order valence-electron chi connectivity index (χ0n) is 10.3. The SMILES string of the molecule is Cc1ccc([N+](=O)[O-])cc1C(=O)Nc1cnc(Cl)cn1. The van der Waals surface area contributed by atoms with E-state index < -0.39 is 10.8 Å². The maximum atomic E-state index is 12.1. The minimum atomic E-state index is -0.557. The van der Waals surface area contributed by atoms with Gasteiger partial charge in [-0.05, 0) is 12.5 Å². The van der Waals surface area contributed by atoms with Gasteiger partial charge < -0.3 is 5.32 Å². The van der Waals surface area contributed by atoms with Crippen molar-refractivity contribution in [2.24, 2.45) is 0 Å². The lowest BCUT2D eigenvalue weighted by Crippen LogP contribution is -2.14. The van der Waals surface area contributed by atoms with Gasteiger partial charge in [-0.1, -0.05) is 17.7 Å². The van der Waals surface area contributed by atoms with Gasteiger partial charge in [0.2, 0.25) is 0 Å². The third-order valence-electron chi connectivity index (χ3n) is 2.54. The molecule has 7 nitrogen and oxygen atoms in total. The number of hydrogen-bond donors (Lipinski definition) is 1. The van der Waals surface area contributed by atoms with Gasteiger partial charge in [-0.3, -0.25) is 14.9 Å². The first-order valence-electron chi connectivity index (χ1n) is 5.51. The maximum absolute atomic E-state index is 12.1. The molecule has 0 aliphatic heterocycles. The van der Waals surface area contributed by atoms with Crippen LogP contribution in [0.4, 0.5) is 11.5 Å². The summed E-state index contributed by atoms with van der Waals surface area (Å²) in [7, 11) is 0. The van der Waals surface area contributed by atoms with E-state index in [1.807, 2.05) is 0 Å². The van der Waals surface area contributed by atoms with Gasteiger partial charge in [-0.15, -0.1) is 0 Å². The predicted octanol–water partition coefficient (Wildman–Crippen LogP) is 2.60. The molecule has 2 rings (SSSR count). The molecule has 0 radical (unpaired) electrons. The number of aromatic nitrogens is 2. The number of halogens is 1. The van der Waals surface area contributed by atoms with Gasteiger partial charge in [0.15, 0.2) is 5.82 Å². The number of nitrogens with one attached hydrogen (secondary N) is 1. The first-order chi connectivity index (χ1) is 9.47. The lowest BCUT2D eigenvalue weighted by atomic mass is 10.1. The molecule has 8 heteroatoms. The Labute approximate surface area is 118 Å². The Hall–Kier alpha value is -2.54. The van der Waals surface area contributed by atoms with Crippen molar-refractivity contribution in [3.05, 3.63) is 57.0 Å².